The van der Waals surface area contributed by atoms with Gasteiger partial charge in [0.05, 0.1) is 17.3 Å². The number of hydrogen-bond acceptors (Lipinski definition) is 3. The SMILES string of the molecule is Cc1cc(C(NN)C2=CCCCCC2)nc2ccccc12. The van der Waals surface area contributed by atoms with E-state index < -0.39 is 0 Å². The molecule has 0 aliphatic heterocycles. The number of rotatable bonds is 3. The number of hydrazine groups is 1. The second kappa shape index (κ2) is 6.37. The summed E-state index contributed by atoms with van der Waals surface area (Å²) < 4.78 is 0. The summed E-state index contributed by atoms with van der Waals surface area (Å²) in [6, 6.07) is 10.5. The topological polar surface area (TPSA) is 50.9 Å². The Morgan fingerprint density at radius 3 is 2.90 bits per heavy atom. The molecular formula is C18H23N3. The lowest BCUT2D eigenvalue weighted by molar-refractivity contribution is 0.581. The van der Waals surface area contributed by atoms with Crippen LogP contribution >= 0.6 is 0 Å². The van der Waals surface area contributed by atoms with Gasteiger partial charge in [0.25, 0.3) is 0 Å². The highest BCUT2D eigenvalue weighted by Gasteiger charge is 2.18. The van der Waals surface area contributed by atoms with Crippen LogP contribution in [0.5, 0.6) is 0 Å². The van der Waals surface area contributed by atoms with Gasteiger partial charge in [0, 0.05) is 5.39 Å². The predicted octanol–water partition coefficient (Wildman–Crippen LogP) is 3.94. The summed E-state index contributed by atoms with van der Waals surface area (Å²) in [5.41, 5.74) is 7.69. The van der Waals surface area contributed by atoms with E-state index in [0.29, 0.717) is 0 Å². The Kier molecular flexibility index (Phi) is 4.32. The van der Waals surface area contributed by atoms with Crippen molar-refractivity contribution in [2.24, 2.45) is 5.84 Å². The van der Waals surface area contributed by atoms with Crippen molar-refractivity contribution in [1.82, 2.24) is 10.4 Å². The second-order valence-corrected chi connectivity index (χ2v) is 5.86. The lowest BCUT2D eigenvalue weighted by atomic mass is 9.97. The van der Waals surface area contributed by atoms with Crippen molar-refractivity contribution in [3.05, 3.63) is 53.2 Å². The van der Waals surface area contributed by atoms with E-state index >= 15 is 0 Å². The minimum atomic E-state index is 0.0337. The highest BCUT2D eigenvalue weighted by molar-refractivity contribution is 5.82. The normalized spacial score (nSPS) is 17.3. The fourth-order valence-corrected chi connectivity index (χ4v) is 3.21. The maximum absolute atomic E-state index is 5.85. The van der Waals surface area contributed by atoms with E-state index in [-0.39, 0.29) is 6.04 Å². The largest absolute Gasteiger partial charge is 0.271 e. The first kappa shape index (κ1) is 14.2. The van der Waals surface area contributed by atoms with Crippen LogP contribution in [-0.4, -0.2) is 4.98 Å². The molecule has 0 bridgehead atoms. The van der Waals surface area contributed by atoms with Crippen molar-refractivity contribution in [2.75, 3.05) is 0 Å². The van der Waals surface area contributed by atoms with E-state index in [9.17, 15) is 0 Å². The molecule has 1 aliphatic rings. The fraction of sp³-hybridized carbons (Fsp3) is 0.389. The summed E-state index contributed by atoms with van der Waals surface area (Å²) in [6.45, 7) is 2.14. The number of nitrogens with one attached hydrogen (secondary N) is 1. The quantitative estimate of drug-likeness (QED) is 0.509. The van der Waals surface area contributed by atoms with Gasteiger partial charge in [-0.15, -0.1) is 0 Å². The average Bonchev–Trinajstić information content (AvgIpc) is 2.77. The summed E-state index contributed by atoms with van der Waals surface area (Å²) in [5, 5.41) is 1.21. The van der Waals surface area contributed by atoms with Gasteiger partial charge in [0.2, 0.25) is 0 Å². The summed E-state index contributed by atoms with van der Waals surface area (Å²) in [4.78, 5) is 4.83. The summed E-state index contributed by atoms with van der Waals surface area (Å²) >= 11 is 0. The molecule has 0 fully saturated rings. The van der Waals surface area contributed by atoms with Gasteiger partial charge in [-0.2, -0.15) is 0 Å². The molecule has 0 radical (unpaired) electrons. The molecule has 1 aliphatic carbocycles. The Labute approximate surface area is 126 Å². The molecule has 3 heteroatoms. The number of para-hydroxylation sites is 1. The van der Waals surface area contributed by atoms with Crippen LogP contribution in [0, 0.1) is 6.92 Å². The molecule has 1 heterocycles. The van der Waals surface area contributed by atoms with Crippen LogP contribution in [0.2, 0.25) is 0 Å². The van der Waals surface area contributed by atoms with E-state index in [1.165, 1.54) is 35.8 Å². The van der Waals surface area contributed by atoms with Gasteiger partial charge in [0.15, 0.2) is 0 Å². The van der Waals surface area contributed by atoms with Gasteiger partial charge >= 0.3 is 0 Å². The van der Waals surface area contributed by atoms with E-state index in [0.717, 1.165) is 24.1 Å². The Balaban J connectivity index is 2.02. The molecule has 3 N–H and O–H groups in total. The Morgan fingerprint density at radius 2 is 2.05 bits per heavy atom. The van der Waals surface area contributed by atoms with Crippen LogP contribution in [0.25, 0.3) is 10.9 Å². The number of aryl methyl sites for hydroxylation is 1. The van der Waals surface area contributed by atoms with Crippen molar-refractivity contribution >= 4 is 10.9 Å². The van der Waals surface area contributed by atoms with Gasteiger partial charge in [-0.05, 0) is 50.3 Å². The Hall–Kier alpha value is -1.71. The molecule has 1 atom stereocenters. The van der Waals surface area contributed by atoms with E-state index in [2.05, 4.69) is 42.7 Å². The monoisotopic (exact) mass is 281 g/mol. The molecule has 0 saturated carbocycles. The number of aromatic nitrogens is 1. The zero-order chi connectivity index (χ0) is 14.7. The number of pyridine rings is 1. The summed E-state index contributed by atoms with van der Waals surface area (Å²) in [5.74, 6) is 5.85. The first-order chi connectivity index (χ1) is 10.3. The number of allylic oxidation sites excluding steroid dienone is 1. The van der Waals surface area contributed by atoms with Gasteiger partial charge in [-0.25, -0.2) is 5.43 Å². The van der Waals surface area contributed by atoms with Gasteiger partial charge in [-0.1, -0.05) is 36.3 Å². The van der Waals surface area contributed by atoms with E-state index in [4.69, 9.17) is 10.8 Å². The van der Waals surface area contributed by atoms with Crippen LogP contribution < -0.4 is 11.3 Å². The zero-order valence-electron chi connectivity index (χ0n) is 12.6. The third kappa shape index (κ3) is 2.99. The Morgan fingerprint density at radius 1 is 1.19 bits per heavy atom. The maximum atomic E-state index is 5.85. The number of hydrogen-bond donors (Lipinski definition) is 2. The second-order valence-electron chi connectivity index (χ2n) is 5.86. The van der Waals surface area contributed by atoms with Crippen LogP contribution in [0.1, 0.15) is 49.4 Å². The standard InChI is InChI=1S/C18H23N3/c1-13-12-17(20-16-11-7-6-10-15(13)16)18(21-19)14-8-4-2-3-5-9-14/h6-8,10-12,18,21H,2-5,9,19H2,1H3. The third-order valence-electron chi connectivity index (χ3n) is 4.35. The Bertz CT molecular complexity index is 661. The van der Waals surface area contributed by atoms with Gasteiger partial charge in [-0.3, -0.25) is 10.8 Å². The lowest BCUT2D eigenvalue weighted by Crippen LogP contribution is -2.30. The minimum Gasteiger partial charge on any atom is -0.271 e. The van der Waals surface area contributed by atoms with Crippen molar-refractivity contribution in [1.29, 1.82) is 0 Å². The molecule has 0 spiro atoms. The molecule has 1 unspecified atom stereocenters. The van der Waals surface area contributed by atoms with E-state index in [1.807, 2.05) is 6.07 Å². The van der Waals surface area contributed by atoms with Gasteiger partial charge in [0.1, 0.15) is 0 Å². The average molecular weight is 281 g/mol. The smallest absolute Gasteiger partial charge is 0.0841 e. The molecule has 3 nitrogen and oxygen atoms in total. The lowest BCUT2D eigenvalue weighted by Gasteiger charge is -2.20. The number of fused-ring (bicyclic) bond motifs is 1. The van der Waals surface area contributed by atoms with Gasteiger partial charge < -0.3 is 0 Å². The highest BCUT2D eigenvalue weighted by atomic mass is 15.2. The zero-order valence-corrected chi connectivity index (χ0v) is 12.6. The van der Waals surface area contributed by atoms with Crippen LogP contribution in [0.15, 0.2) is 42.0 Å². The summed E-state index contributed by atoms with van der Waals surface area (Å²) in [7, 11) is 0. The number of nitrogens with zero attached hydrogens (tertiary/aromatic N) is 1. The molecule has 1 aromatic carbocycles. The maximum Gasteiger partial charge on any atom is 0.0841 e. The first-order valence-corrected chi connectivity index (χ1v) is 7.81. The van der Waals surface area contributed by atoms with Crippen molar-refractivity contribution in [3.63, 3.8) is 0 Å². The van der Waals surface area contributed by atoms with Crippen molar-refractivity contribution in [2.45, 2.75) is 45.1 Å². The molecule has 21 heavy (non-hydrogen) atoms. The first-order valence-electron chi connectivity index (χ1n) is 7.81. The molecule has 3 rings (SSSR count). The van der Waals surface area contributed by atoms with Crippen molar-refractivity contribution < 1.29 is 0 Å². The number of nitrogens with two attached hydrogens (primary N) is 1. The van der Waals surface area contributed by atoms with Crippen LogP contribution in [0.3, 0.4) is 0 Å². The van der Waals surface area contributed by atoms with E-state index in [1.54, 1.807) is 0 Å². The predicted molar refractivity (Wildman–Crippen MR) is 87.7 cm³/mol. The third-order valence-corrected chi connectivity index (χ3v) is 4.35. The molecule has 2 aromatic rings. The molecule has 0 amide bonds. The van der Waals surface area contributed by atoms with Crippen LogP contribution in [0.4, 0.5) is 0 Å². The molecule has 0 saturated heterocycles. The molecule has 1 aromatic heterocycles. The fourth-order valence-electron chi connectivity index (χ4n) is 3.21. The molecular weight excluding hydrogens is 258 g/mol. The summed E-state index contributed by atoms with van der Waals surface area (Å²) in [6.07, 6.45) is 8.45. The van der Waals surface area contributed by atoms with Crippen molar-refractivity contribution in [3.8, 4) is 0 Å². The minimum absolute atomic E-state index is 0.0337. The molecule has 110 valence electrons. The highest BCUT2D eigenvalue weighted by Crippen LogP contribution is 2.29. The van der Waals surface area contributed by atoms with Crippen LogP contribution in [-0.2, 0) is 0 Å². The number of benzene rings is 1.